The number of carbonyl (C=O) groups excluding carboxylic acids is 1. The Kier molecular flexibility index (Phi) is 4.79. The van der Waals surface area contributed by atoms with E-state index in [0.717, 1.165) is 18.9 Å². The summed E-state index contributed by atoms with van der Waals surface area (Å²) in [6.07, 6.45) is 1.41. The first kappa shape index (κ1) is 16.0. The molecule has 0 aliphatic carbocycles. The van der Waals surface area contributed by atoms with Crippen molar-refractivity contribution in [3.05, 3.63) is 36.3 Å². The molecule has 3 rings (SSSR count). The Labute approximate surface area is 140 Å². The summed E-state index contributed by atoms with van der Waals surface area (Å²) in [6.45, 7) is 6.76. The summed E-state index contributed by atoms with van der Waals surface area (Å²) < 4.78 is 11.0. The molecule has 1 N–H and O–H groups in total. The van der Waals surface area contributed by atoms with Crippen LogP contribution < -0.4 is 19.7 Å². The van der Waals surface area contributed by atoms with Gasteiger partial charge in [-0.3, -0.25) is 4.79 Å². The summed E-state index contributed by atoms with van der Waals surface area (Å²) in [5.41, 5.74) is 0.953. The zero-order chi connectivity index (χ0) is 16.9. The van der Waals surface area contributed by atoms with Crippen LogP contribution in [0.2, 0.25) is 0 Å². The molecule has 0 saturated heterocycles. The Morgan fingerprint density at radius 1 is 1.12 bits per heavy atom. The van der Waals surface area contributed by atoms with Gasteiger partial charge in [-0.1, -0.05) is 0 Å². The number of ether oxygens (including phenoxy) is 2. The molecule has 1 aliphatic rings. The third-order valence-electron chi connectivity index (χ3n) is 3.77. The van der Waals surface area contributed by atoms with Crippen LogP contribution in [0.15, 0.2) is 30.6 Å². The van der Waals surface area contributed by atoms with Crippen LogP contribution in [0.5, 0.6) is 11.5 Å². The van der Waals surface area contributed by atoms with Crippen molar-refractivity contribution < 1.29 is 14.3 Å². The minimum Gasteiger partial charge on any atom is -0.486 e. The summed E-state index contributed by atoms with van der Waals surface area (Å²) in [7, 11) is 0. The standard InChI is InChI=1S/C17H20N4O3/c1-3-21(4-2)16-10-13(18-11-19-16)17(22)20-12-5-6-14-15(9-12)24-8-7-23-14/h5-6,9-11H,3-4,7-8H2,1-2H3,(H,20,22). The molecule has 24 heavy (non-hydrogen) atoms. The van der Waals surface area contributed by atoms with Crippen LogP contribution in [-0.4, -0.2) is 42.2 Å². The second kappa shape index (κ2) is 7.16. The Balaban J connectivity index is 1.76. The lowest BCUT2D eigenvalue weighted by Gasteiger charge is -2.20. The molecule has 7 heteroatoms. The number of nitrogens with one attached hydrogen (secondary N) is 1. The fraction of sp³-hybridized carbons (Fsp3) is 0.353. The van der Waals surface area contributed by atoms with Crippen molar-refractivity contribution in [2.24, 2.45) is 0 Å². The van der Waals surface area contributed by atoms with E-state index in [0.29, 0.717) is 36.1 Å². The number of nitrogens with zero attached hydrogens (tertiary/aromatic N) is 3. The van der Waals surface area contributed by atoms with E-state index in [2.05, 4.69) is 20.2 Å². The molecule has 2 aromatic rings. The first-order valence-corrected chi connectivity index (χ1v) is 7.99. The molecule has 126 valence electrons. The fourth-order valence-corrected chi connectivity index (χ4v) is 2.51. The van der Waals surface area contributed by atoms with Crippen molar-refractivity contribution in [2.45, 2.75) is 13.8 Å². The van der Waals surface area contributed by atoms with Crippen LogP contribution >= 0.6 is 0 Å². The molecular formula is C17H20N4O3. The van der Waals surface area contributed by atoms with Gasteiger partial charge in [0.05, 0.1) is 0 Å². The number of hydrogen-bond acceptors (Lipinski definition) is 6. The zero-order valence-corrected chi connectivity index (χ0v) is 13.8. The van der Waals surface area contributed by atoms with E-state index in [4.69, 9.17) is 9.47 Å². The van der Waals surface area contributed by atoms with Gasteiger partial charge in [-0.15, -0.1) is 0 Å². The van der Waals surface area contributed by atoms with Crippen molar-refractivity contribution in [3.8, 4) is 11.5 Å². The van der Waals surface area contributed by atoms with Gasteiger partial charge in [-0.2, -0.15) is 0 Å². The first-order valence-electron chi connectivity index (χ1n) is 7.99. The van der Waals surface area contributed by atoms with Gasteiger partial charge >= 0.3 is 0 Å². The predicted octanol–water partition coefficient (Wildman–Crippen LogP) is 2.35. The van der Waals surface area contributed by atoms with E-state index in [-0.39, 0.29) is 5.91 Å². The molecule has 1 aromatic carbocycles. The Morgan fingerprint density at radius 2 is 1.88 bits per heavy atom. The van der Waals surface area contributed by atoms with Crippen LogP contribution in [0.25, 0.3) is 0 Å². The van der Waals surface area contributed by atoms with Gasteiger partial charge in [0, 0.05) is 30.9 Å². The molecule has 2 heterocycles. The van der Waals surface area contributed by atoms with Crippen molar-refractivity contribution in [1.82, 2.24) is 9.97 Å². The van der Waals surface area contributed by atoms with Gasteiger partial charge < -0.3 is 19.7 Å². The van der Waals surface area contributed by atoms with Gasteiger partial charge in [0.15, 0.2) is 11.5 Å². The van der Waals surface area contributed by atoms with Gasteiger partial charge in [0.2, 0.25) is 0 Å². The molecule has 0 unspecified atom stereocenters. The largest absolute Gasteiger partial charge is 0.486 e. The summed E-state index contributed by atoms with van der Waals surface area (Å²) >= 11 is 0. The molecule has 1 amide bonds. The molecule has 1 aromatic heterocycles. The molecule has 1 aliphatic heterocycles. The number of carbonyl (C=O) groups is 1. The summed E-state index contributed by atoms with van der Waals surface area (Å²) in [6, 6.07) is 7.00. The highest BCUT2D eigenvalue weighted by molar-refractivity contribution is 6.03. The number of amides is 1. The van der Waals surface area contributed by atoms with Gasteiger partial charge in [0.1, 0.15) is 31.1 Å². The minimum atomic E-state index is -0.289. The summed E-state index contributed by atoms with van der Waals surface area (Å²) in [5, 5.41) is 2.83. The molecule has 0 saturated carbocycles. The van der Waals surface area contributed by atoms with Crippen molar-refractivity contribution in [1.29, 1.82) is 0 Å². The quantitative estimate of drug-likeness (QED) is 0.908. The van der Waals surface area contributed by atoms with Gasteiger partial charge in [0.25, 0.3) is 5.91 Å². The maximum absolute atomic E-state index is 12.4. The highest BCUT2D eigenvalue weighted by Crippen LogP contribution is 2.32. The van der Waals surface area contributed by atoms with Gasteiger partial charge in [-0.05, 0) is 26.0 Å². The SMILES string of the molecule is CCN(CC)c1cc(C(=O)Nc2ccc3c(c2)OCCO3)ncn1. The third kappa shape index (κ3) is 3.40. The molecular weight excluding hydrogens is 308 g/mol. The average Bonchev–Trinajstić information content (AvgIpc) is 2.63. The fourth-order valence-electron chi connectivity index (χ4n) is 2.51. The normalized spacial score (nSPS) is 12.6. The molecule has 7 nitrogen and oxygen atoms in total. The Bertz CT molecular complexity index is 732. The molecule has 0 atom stereocenters. The minimum absolute atomic E-state index is 0.289. The van der Waals surface area contributed by atoms with E-state index in [1.807, 2.05) is 13.8 Å². The smallest absolute Gasteiger partial charge is 0.274 e. The van der Waals surface area contributed by atoms with Crippen LogP contribution in [0.4, 0.5) is 11.5 Å². The lowest BCUT2D eigenvalue weighted by atomic mass is 10.2. The number of aromatic nitrogens is 2. The van der Waals surface area contributed by atoms with Crippen molar-refractivity contribution in [3.63, 3.8) is 0 Å². The maximum atomic E-state index is 12.4. The summed E-state index contributed by atoms with van der Waals surface area (Å²) in [4.78, 5) is 22.8. The predicted molar refractivity (Wildman–Crippen MR) is 91.0 cm³/mol. The van der Waals surface area contributed by atoms with E-state index in [9.17, 15) is 4.79 Å². The van der Waals surface area contributed by atoms with E-state index >= 15 is 0 Å². The average molecular weight is 328 g/mol. The van der Waals surface area contributed by atoms with Gasteiger partial charge in [-0.25, -0.2) is 9.97 Å². The zero-order valence-electron chi connectivity index (χ0n) is 13.8. The summed E-state index contributed by atoms with van der Waals surface area (Å²) in [5.74, 6) is 1.76. The third-order valence-corrected chi connectivity index (χ3v) is 3.77. The lowest BCUT2D eigenvalue weighted by Crippen LogP contribution is -2.24. The Morgan fingerprint density at radius 3 is 2.62 bits per heavy atom. The first-order chi connectivity index (χ1) is 11.7. The number of fused-ring (bicyclic) bond motifs is 1. The van der Waals surface area contributed by atoms with E-state index in [1.54, 1.807) is 24.3 Å². The van der Waals surface area contributed by atoms with Crippen LogP contribution in [0, 0.1) is 0 Å². The van der Waals surface area contributed by atoms with Crippen molar-refractivity contribution in [2.75, 3.05) is 36.5 Å². The highest BCUT2D eigenvalue weighted by atomic mass is 16.6. The molecule has 0 fully saturated rings. The second-order valence-corrected chi connectivity index (χ2v) is 5.25. The van der Waals surface area contributed by atoms with Crippen LogP contribution in [-0.2, 0) is 0 Å². The second-order valence-electron chi connectivity index (χ2n) is 5.25. The maximum Gasteiger partial charge on any atom is 0.274 e. The van der Waals surface area contributed by atoms with E-state index < -0.39 is 0 Å². The Hall–Kier alpha value is -2.83. The molecule has 0 radical (unpaired) electrons. The number of rotatable bonds is 5. The number of hydrogen-bond donors (Lipinski definition) is 1. The van der Waals surface area contributed by atoms with Crippen molar-refractivity contribution >= 4 is 17.4 Å². The molecule has 0 bridgehead atoms. The van der Waals surface area contributed by atoms with Crippen LogP contribution in [0.1, 0.15) is 24.3 Å². The lowest BCUT2D eigenvalue weighted by molar-refractivity contribution is 0.102. The van der Waals surface area contributed by atoms with Crippen LogP contribution in [0.3, 0.4) is 0 Å². The van der Waals surface area contributed by atoms with E-state index in [1.165, 1.54) is 6.33 Å². The highest BCUT2D eigenvalue weighted by Gasteiger charge is 2.15. The topological polar surface area (TPSA) is 76.6 Å². The number of anilines is 2. The number of benzene rings is 1. The monoisotopic (exact) mass is 328 g/mol. The molecule has 0 spiro atoms.